The minimum atomic E-state index is -0.769. The molecule has 2 rings (SSSR count). The van der Waals surface area contributed by atoms with E-state index in [0.717, 1.165) is 36.6 Å². The molecule has 0 atom stereocenters. The van der Waals surface area contributed by atoms with Gasteiger partial charge in [0.05, 0.1) is 13.3 Å². The van der Waals surface area contributed by atoms with E-state index in [0.29, 0.717) is 0 Å². The van der Waals surface area contributed by atoms with E-state index in [9.17, 15) is 0 Å². The zero-order chi connectivity index (χ0) is 15.3. The van der Waals surface area contributed by atoms with E-state index >= 15 is 0 Å². The van der Waals surface area contributed by atoms with E-state index in [1.54, 1.807) is 7.11 Å². The van der Waals surface area contributed by atoms with Crippen molar-refractivity contribution in [1.82, 2.24) is 15.0 Å². The van der Waals surface area contributed by atoms with Gasteiger partial charge in [-0.3, -0.25) is 4.68 Å². The predicted octanol–water partition coefficient (Wildman–Crippen LogP) is 3.36. The molecule has 116 valence electrons. The van der Waals surface area contributed by atoms with Gasteiger partial charge >= 0.3 is 0 Å². The highest BCUT2D eigenvalue weighted by Gasteiger charge is 2.12. The summed E-state index contributed by atoms with van der Waals surface area (Å²) in [7, 11) is 0.927. The maximum atomic E-state index is 5.17. The minimum absolute atomic E-state index is 0.769. The maximum Gasteiger partial charge on any atom is 0.121 e. The largest absolute Gasteiger partial charge is 0.497 e. The summed E-state index contributed by atoms with van der Waals surface area (Å²) < 4.78 is 7.14. The summed E-state index contributed by atoms with van der Waals surface area (Å²) in [5.74, 6) is 0.915. The molecule has 0 spiro atoms. The second-order valence-corrected chi connectivity index (χ2v) is 10.1. The number of aromatic nitrogens is 3. The van der Waals surface area contributed by atoms with Crippen LogP contribution in [0.2, 0.25) is 0 Å². The Labute approximate surface area is 128 Å². The molecule has 0 amide bonds. The molecule has 1 aromatic heterocycles. The number of methoxy groups -OCH3 is 1. The Morgan fingerprint density at radius 1 is 1.10 bits per heavy atom. The number of nitrogens with zero attached hydrogens (tertiary/aromatic N) is 3. The Balaban J connectivity index is 1.75. The lowest BCUT2D eigenvalue weighted by Crippen LogP contribution is -1.99. The van der Waals surface area contributed by atoms with Gasteiger partial charge in [-0.25, -0.2) is 10.0 Å². The van der Waals surface area contributed by atoms with Gasteiger partial charge in [-0.2, -0.15) is 0 Å². The van der Waals surface area contributed by atoms with Crippen LogP contribution in [0, 0.1) is 0 Å². The fourth-order valence-electron chi connectivity index (χ4n) is 2.07. The number of ether oxygens (including phenoxy) is 1. The van der Waals surface area contributed by atoms with Crippen molar-refractivity contribution in [3.05, 3.63) is 36.0 Å². The molecule has 0 radical (unpaired) electrons. The van der Waals surface area contributed by atoms with Crippen molar-refractivity contribution in [3.63, 3.8) is 0 Å². The van der Waals surface area contributed by atoms with Gasteiger partial charge in [0.2, 0.25) is 0 Å². The predicted molar refractivity (Wildman–Crippen MR) is 89.6 cm³/mol. The van der Waals surface area contributed by atoms with Gasteiger partial charge < -0.3 is 4.74 Å². The van der Waals surface area contributed by atoms with E-state index in [1.807, 2.05) is 16.8 Å². The SMILES string of the molecule is COc1ccc(CCCCn2cc(S(C)(C)C)nn2)cc1. The molecule has 0 unspecified atom stereocenters. The number of aryl methyl sites for hydroxylation is 2. The van der Waals surface area contributed by atoms with Crippen molar-refractivity contribution < 1.29 is 4.74 Å². The fraction of sp³-hybridized carbons (Fsp3) is 0.500. The van der Waals surface area contributed by atoms with Gasteiger partial charge in [-0.15, -0.1) is 5.10 Å². The molecule has 4 nitrogen and oxygen atoms in total. The Morgan fingerprint density at radius 2 is 1.81 bits per heavy atom. The molecule has 0 aliphatic rings. The molecule has 0 bridgehead atoms. The lowest BCUT2D eigenvalue weighted by Gasteiger charge is -2.20. The van der Waals surface area contributed by atoms with E-state index in [-0.39, 0.29) is 0 Å². The Morgan fingerprint density at radius 3 is 2.38 bits per heavy atom. The van der Waals surface area contributed by atoms with Gasteiger partial charge in [-0.1, -0.05) is 17.3 Å². The lowest BCUT2D eigenvalue weighted by atomic mass is 10.1. The van der Waals surface area contributed by atoms with Gasteiger partial charge in [0.1, 0.15) is 10.8 Å². The highest BCUT2D eigenvalue weighted by molar-refractivity contribution is 8.32. The monoisotopic (exact) mass is 307 g/mol. The van der Waals surface area contributed by atoms with Crippen molar-refractivity contribution in [2.45, 2.75) is 30.8 Å². The summed E-state index contributed by atoms with van der Waals surface area (Å²) >= 11 is 0. The molecule has 2 aromatic rings. The summed E-state index contributed by atoms with van der Waals surface area (Å²) in [6, 6.07) is 8.31. The Kier molecular flexibility index (Phi) is 5.28. The third-order valence-corrected chi connectivity index (χ3v) is 4.85. The molecule has 0 aliphatic heterocycles. The first-order valence-corrected chi connectivity index (χ1v) is 10.1. The average molecular weight is 307 g/mol. The van der Waals surface area contributed by atoms with Crippen molar-refractivity contribution in [1.29, 1.82) is 0 Å². The van der Waals surface area contributed by atoms with Gasteiger partial charge in [-0.05, 0) is 55.7 Å². The molecule has 1 aromatic carbocycles. The zero-order valence-electron chi connectivity index (χ0n) is 13.4. The molecular weight excluding hydrogens is 282 g/mol. The molecule has 5 heteroatoms. The minimum Gasteiger partial charge on any atom is -0.497 e. The Hall–Kier alpha value is -1.49. The van der Waals surface area contributed by atoms with Gasteiger partial charge in [0.15, 0.2) is 0 Å². The van der Waals surface area contributed by atoms with Gasteiger partial charge in [0.25, 0.3) is 0 Å². The standard InChI is InChI=1S/C16H25N3OS/c1-20-15-10-8-14(9-11-15)7-5-6-12-19-13-16(17-18-19)21(2,3)4/h8-11,13H,5-7,12H2,1-4H3. The van der Waals surface area contributed by atoms with Crippen LogP contribution >= 0.6 is 10.0 Å². The second kappa shape index (κ2) is 6.98. The number of unbranched alkanes of at least 4 members (excludes halogenated alkanes) is 1. The summed E-state index contributed by atoms with van der Waals surface area (Å²) in [6.45, 7) is 0.943. The topological polar surface area (TPSA) is 39.9 Å². The highest BCUT2D eigenvalue weighted by Crippen LogP contribution is 2.43. The molecule has 1 heterocycles. The molecule has 0 N–H and O–H groups in total. The molecular formula is C16H25N3OS. The van der Waals surface area contributed by atoms with Crippen LogP contribution in [-0.4, -0.2) is 40.9 Å². The summed E-state index contributed by atoms with van der Waals surface area (Å²) in [4.78, 5) is 0. The molecule has 0 saturated carbocycles. The van der Waals surface area contributed by atoms with E-state index in [1.165, 1.54) is 5.56 Å². The van der Waals surface area contributed by atoms with Crippen LogP contribution in [0.5, 0.6) is 5.75 Å². The van der Waals surface area contributed by atoms with Crippen LogP contribution in [0.25, 0.3) is 0 Å². The van der Waals surface area contributed by atoms with Gasteiger partial charge in [0, 0.05) is 6.54 Å². The number of rotatable bonds is 7. The summed E-state index contributed by atoms with van der Waals surface area (Å²) in [5.41, 5.74) is 1.36. The quantitative estimate of drug-likeness (QED) is 0.736. The molecule has 0 fully saturated rings. The number of hydrogen-bond acceptors (Lipinski definition) is 3. The third kappa shape index (κ3) is 4.77. The number of benzene rings is 1. The second-order valence-electron chi connectivity index (χ2n) is 5.96. The fourth-order valence-corrected chi connectivity index (χ4v) is 2.78. The molecule has 0 saturated heterocycles. The van der Waals surface area contributed by atoms with Crippen molar-refractivity contribution in [2.75, 3.05) is 25.9 Å². The lowest BCUT2D eigenvalue weighted by molar-refractivity contribution is 0.414. The van der Waals surface area contributed by atoms with Crippen molar-refractivity contribution in [3.8, 4) is 5.75 Å². The van der Waals surface area contributed by atoms with Crippen LogP contribution in [0.3, 0.4) is 0 Å². The first-order valence-electron chi connectivity index (χ1n) is 7.20. The van der Waals surface area contributed by atoms with Crippen LogP contribution in [0.15, 0.2) is 35.5 Å². The van der Waals surface area contributed by atoms with Crippen LogP contribution in [0.1, 0.15) is 18.4 Å². The van der Waals surface area contributed by atoms with Crippen LogP contribution in [0.4, 0.5) is 0 Å². The zero-order valence-corrected chi connectivity index (χ0v) is 14.2. The van der Waals surface area contributed by atoms with Crippen molar-refractivity contribution >= 4 is 10.0 Å². The molecule has 0 aliphatic carbocycles. The van der Waals surface area contributed by atoms with E-state index in [4.69, 9.17) is 4.74 Å². The molecule has 21 heavy (non-hydrogen) atoms. The maximum absolute atomic E-state index is 5.17. The summed E-state index contributed by atoms with van der Waals surface area (Å²) in [5, 5.41) is 9.64. The number of hydrogen-bond donors (Lipinski definition) is 0. The smallest absolute Gasteiger partial charge is 0.121 e. The van der Waals surface area contributed by atoms with Crippen molar-refractivity contribution in [2.24, 2.45) is 0 Å². The van der Waals surface area contributed by atoms with E-state index < -0.39 is 10.0 Å². The van der Waals surface area contributed by atoms with Crippen LogP contribution < -0.4 is 4.74 Å². The first kappa shape index (κ1) is 15.9. The first-order chi connectivity index (χ1) is 9.99. The average Bonchev–Trinajstić information content (AvgIpc) is 2.93. The van der Waals surface area contributed by atoms with E-state index in [2.05, 4.69) is 47.4 Å². The third-order valence-electron chi connectivity index (χ3n) is 3.41. The Bertz CT molecular complexity index is 558. The van der Waals surface area contributed by atoms with Crippen LogP contribution in [-0.2, 0) is 13.0 Å². The normalized spacial score (nSPS) is 12.4. The summed E-state index contributed by atoms with van der Waals surface area (Å²) in [6.07, 6.45) is 12.2. The highest BCUT2D eigenvalue weighted by atomic mass is 32.3.